The molecule has 0 aliphatic carbocycles. The highest BCUT2D eigenvalue weighted by molar-refractivity contribution is 6.08. The average Bonchev–Trinajstić information content (AvgIpc) is 2.17. The molecule has 0 saturated carbocycles. The Morgan fingerprint density at radius 3 is 2.71 bits per heavy atom. The Morgan fingerprint density at radius 1 is 1.21 bits per heavy atom. The summed E-state index contributed by atoms with van der Waals surface area (Å²) in [5.41, 5.74) is 12.5. The van der Waals surface area contributed by atoms with Crippen LogP contribution in [0.5, 0.6) is 0 Å². The van der Waals surface area contributed by atoms with Crippen molar-refractivity contribution in [1.82, 2.24) is 19.9 Å². The maximum absolute atomic E-state index is 5.61. The Morgan fingerprint density at radius 2 is 2.00 bits per heavy atom. The van der Waals surface area contributed by atoms with Crippen LogP contribution in [0.25, 0.3) is 11.2 Å². The number of hydrogen-bond acceptors (Lipinski definition) is 6. The maximum Gasteiger partial charge on any atom is 0.224 e. The monoisotopic (exact) mass is 186 g/mol. The van der Waals surface area contributed by atoms with E-state index in [0.717, 1.165) is 0 Å². The number of nitrogens with zero attached hydrogens (tertiary/aromatic N) is 4. The van der Waals surface area contributed by atoms with Crippen LogP contribution < -0.4 is 11.5 Å². The summed E-state index contributed by atoms with van der Waals surface area (Å²) in [6.07, 6.45) is 1.83. The number of rotatable bonds is 1. The third-order valence-corrected chi connectivity index (χ3v) is 1.71. The zero-order valence-electron chi connectivity index (χ0n) is 7.31. The van der Waals surface area contributed by atoms with Gasteiger partial charge in [-0.1, -0.05) is 0 Å². The van der Waals surface area contributed by atoms with Gasteiger partial charge in [0.05, 0.1) is 19.7 Å². The van der Waals surface area contributed by atoms with Crippen molar-refractivity contribution in [3.05, 3.63) is 11.9 Å². The third kappa shape index (κ3) is 1.32. The van der Waals surface area contributed by atoms with Crippen LogP contribution in [0.2, 0.25) is 0 Å². The molecular weight excluding hydrogens is 179 g/mol. The molecule has 0 unspecified atom stereocenters. The van der Waals surface area contributed by atoms with Crippen LogP contribution in [0, 0.1) is 0 Å². The molecule has 2 heterocycles. The first-order valence-corrected chi connectivity index (χ1v) is 3.95. The van der Waals surface area contributed by atoms with Crippen molar-refractivity contribution in [1.29, 1.82) is 0 Å². The Labute approximate surface area is 81.2 Å². The van der Waals surface area contributed by atoms with Crippen LogP contribution in [0.15, 0.2) is 6.20 Å². The standard InChI is InChI=1S/C7H7BN6/c8-1-3-2-11-6-4(12-3)5(9)13-7(10)14-6/h2H,1H2,(H4,9,10,11,13,14). The maximum atomic E-state index is 5.61. The Hall–Kier alpha value is -1.92. The van der Waals surface area contributed by atoms with E-state index in [1.807, 2.05) is 0 Å². The molecule has 2 radical (unpaired) electrons. The van der Waals surface area contributed by atoms with E-state index in [9.17, 15) is 0 Å². The highest BCUT2D eigenvalue weighted by Crippen LogP contribution is 2.14. The number of hydrogen-bond donors (Lipinski definition) is 2. The minimum Gasteiger partial charge on any atom is -0.382 e. The van der Waals surface area contributed by atoms with Gasteiger partial charge in [0.2, 0.25) is 5.95 Å². The van der Waals surface area contributed by atoms with Crippen LogP contribution in [-0.2, 0) is 6.32 Å². The summed E-state index contributed by atoms with van der Waals surface area (Å²) < 4.78 is 0. The van der Waals surface area contributed by atoms with Crippen molar-refractivity contribution in [2.45, 2.75) is 6.32 Å². The molecule has 6 nitrogen and oxygen atoms in total. The highest BCUT2D eigenvalue weighted by atomic mass is 15.1. The summed E-state index contributed by atoms with van der Waals surface area (Å²) >= 11 is 0. The van der Waals surface area contributed by atoms with Crippen LogP contribution in [0.1, 0.15) is 5.69 Å². The second-order valence-corrected chi connectivity index (χ2v) is 2.70. The fourth-order valence-corrected chi connectivity index (χ4v) is 1.08. The molecular formula is C7H7BN6. The lowest BCUT2D eigenvalue weighted by molar-refractivity contribution is 1.11. The van der Waals surface area contributed by atoms with Gasteiger partial charge in [0, 0.05) is 0 Å². The zero-order chi connectivity index (χ0) is 10.1. The van der Waals surface area contributed by atoms with Gasteiger partial charge in [-0.25, -0.2) is 9.97 Å². The second-order valence-electron chi connectivity index (χ2n) is 2.70. The molecule has 0 aliphatic rings. The Kier molecular flexibility index (Phi) is 1.92. The lowest BCUT2D eigenvalue weighted by Crippen LogP contribution is -2.04. The summed E-state index contributed by atoms with van der Waals surface area (Å²) in [5.74, 6) is 0.306. The topological polar surface area (TPSA) is 104 Å². The molecule has 0 saturated heterocycles. The lowest BCUT2D eigenvalue weighted by atomic mass is 10.0. The van der Waals surface area contributed by atoms with E-state index in [1.54, 1.807) is 0 Å². The Bertz CT molecular complexity index is 485. The van der Waals surface area contributed by atoms with E-state index in [0.29, 0.717) is 23.2 Å². The number of fused-ring (bicyclic) bond motifs is 1. The van der Waals surface area contributed by atoms with Gasteiger partial charge < -0.3 is 11.5 Å². The molecule has 0 spiro atoms. The van der Waals surface area contributed by atoms with Gasteiger partial charge in [0.25, 0.3) is 0 Å². The molecule has 7 heteroatoms. The SMILES string of the molecule is [B]Cc1cnc2nc(N)nc(N)c2n1. The first-order valence-electron chi connectivity index (χ1n) is 3.95. The molecule has 0 amide bonds. The highest BCUT2D eigenvalue weighted by Gasteiger charge is 2.06. The number of aromatic nitrogens is 4. The van der Waals surface area contributed by atoms with Gasteiger partial charge in [0.1, 0.15) is 0 Å². The molecule has 4 N–H and O–H groups in total. The van der Waals surface area contributed by atoms with Crippen molar-refractivity contribution in [3.63, 3.8) is 0 Å². The van der Waals surface area contributed by atoms with Crippen molar-refractivity contribution in [2.24, 2.45) is 0 Å². The van der Waals surface area contributed by atoms with Gasteiger partial charge in [-0.3, -0.25) is 0 Å². The quantitative estimate of drug-likeness (QED) is 0.568. The van der Waals surface area contributed by atoms with Crippen molar-refractivity contribution >= 4 is 30.8 Å². The zero-order valence-corrected chi connectivity index (χ0v) is 7.31. The van der Waals surface area contributed by atoms with E-state index in [-0.39, 0.29) is 11.8 Å². The normalized spacial score (nSPS) is 10.6. The predicted molar refractivity (Wildman–Crippen MR) is 53.4 cm³/mol. The molecule has 0 bridgehead atoms. The summed E-state index contributed by atoms with van der Waals surface area (Å²) in [4.78, 5) is 15.8. The van der Waals surface area contributed by atoms with E-state index >= 15 is 0 Å². The fourth-order valence-electron chi connectivity index (χ4n) is 1.08. The fraction of sp³-hybridized carbons (Fsp3) is 0.143. The molecule has 68 valence electrons. The molecule has 2 aromatic heterocycles. The number of anilines is 2. The Balaban J connectivity index is 2.75. The minimum absolute atomic E-state index is 0.0878. The van der Waals surface area contributed by atoms with E-state index in [1.165, 1.54) is 6.20 Å². The molecule has 0 aromatic carbocycles. The van der Waals surface area contributed by atoms with E-state index < -0.39 is 0 Å². The van der Waals surface area contributed by atoms with Crippen LogP contribution >= 0.6 is 0 Å². The van der Waals surface area contributed by atoms with Gasteiger partial charge in [0.15, 0.2) is 17.0 Å². The average molecular weight is 186 g/mol. The van der Waals surface area contributed by atoms with Crippen molar-refractivity contribution in [3.8, 4) is 0 Å². The molecule has 0 atom stereocenters. The molecule has 2 rings (SSSR count). The summed E-state index contributed by atoms with van der Waals surface area (Å²) in [6, 6.07) is 0. The van der Waals surface area contributed by atoms with E-state index in [2.05, 4.69) is 19.9 Å². The number of nitrogen functional groups attached to an aromatic ring is 2. The van der Waals surface area contributed by atoms with Gasteiger partial charge in [-0.15, -0.1) is 0 Å². The van der Waals surface area contributed by atoms with Crippen molar-refractivity contribution < 1.29 is 0 Å². The van der Waals surface area contributed by atoms with Crippen LogP contribution in [0.3, 0.4) is 0 Å². The summed E-state index contributed by atoms with van der Waals surface area (Å²) in [5, 5.41) is 0. The lowest BCUT2D eigenvalue weighted by Gasteiger charge is -2.02. The molecule has 0 fully saturated rings. The first kappa shape index (κ1) is 8.67. The van der Waals surface area contributed by atoms with Gasteiger partial charge in [-0.2, -0.15) is 9.97 Å². The van der Waals surface area contributed by atoms with Crippen LogP contribution in [0.4, 0.5) is 11.8 Å². The summed E-state index contributed by atoms with van der Waals surface area (Å²) in [6.45, 7) is 0. The first-order chi connectivity index (χ1) is 6.70. The van der Waals surface area contributed by atoms with Gasteiger partial charge in [-0.05, 0) is 6.32 Å². The predicted octanol–water partition coefficient (Wildman–Crippen LogP) is -0.747. The third-order valence-electron chi connectivity index (χ3n) is 1.71. The minimum atomic E-state index is 0.0878. The van der Waals surface area contributed by atoms with Gasteiger partial charge >= 0.3 is 0 Å². The number of nitrogens with two attached hydrogens (primary N) is 2. The van der Waals surface area contributed by atoms with E-state index in [4.69, 9.17) is 19.3 Å². The molecule has 0 aliphatic heterocycles. The molecule has 2 aromatic rings. The van der Waals surface area contributed by atoms with Crippen molar-refractivity contribution in [2.75, 3.05) is 11.5 Å². The summed E-state index contributed by atoms with van der Waals surface area (Å²) in [7, 11) is 5.41. The largest absolute Gasteiger partial charge is 0.382 e. The van der Waals surface area contributed by atoms with Crippen LogP contribution in [-0.4, -0.2) is 27.8 Å². The smallest absolute Gasteiger partial charge is 0.224 e. The second kappa shape index (κ2) is 3.10. The molecule has 14 heavy (non-hydrogen) atoms.